The highest BCUT2D eigenvalue weighted by molar-refractivity contribution is 7.80. The predicted molar refractivity (Wildman–Crippen MR) is 107 cm³/mol. The molecule has 0 aliphatic carbocycles. The molecule has 5 nitrogen and oxygen atoms in total. The lowest BCUT2D eigenvalue weighted by Gasteiger charge is -2.15. The number of ether oxygens (including phenoxy) is 2. The first-order chi connectivity index (χ1) is 12.9. The van der Waals surface area contributed by atoms with Crippen molar-refractivity contribution in [2.45, 2.75) is 6.61 Å². The minimum atomic E-state index is -2.91. The third kappa shape index (κ3) is 6.65. The number of hydrogen-bond donors (Lipinski definition) is 3. The van der Waals surface area contributed by atoms with Gasteiger partial charge in [0.25, 0.3) is 0 Å². The van der Waals surface area contributed by atoms with Crippen molar-refractivity contribution in [3.8, 4) is 22.6 Å². The summed E-state index contributed by atoms with van der Waals surface area (Å²) in [7, 11) is 5.68. The summed E-state index contributed by atoms with van der Waals surface area (Å²) in [6.45, 7) is -1.26. The van der Waals surface area contributed by atoms with Crippen molar-refractivity contribution in [3.63, 3.8) is 0 Å². The third-order valence-electron chi connectivity index (χ3n) is 3.77. The first-order valence-electron chi connectivity index (χ1n) is 8.46. The van der Waals surface area contributed by atoms with Gasteiger partial charge in [-0.25, -0.2) is 0 Å². The fourth-order valence-corrected chi connectivity index (χ4v) is 2.62. The quantitative estimate of drug-likeness (QED) is 0.598. The Labute approximate surface area is 163 Å². The van der Waals surface area contributed by atoms with E-state index < -0.39 is 6.61 Å². The van der Waals surface area contributed by atoms with E-state index in [1.54, 1.807) is 43.5 Å². The van der Waals surface area contributed by atoms with Crippen LogP contribution in [0.1, 0.15) is 0 Å². The van der Waals surface area contributed by atoms with Crippen LogP contribution in [0, 0.1) is 0 Å². The average molecular weight is 396 g/mol. The van der Waals surface area contributed by atoms with Gasteiger partial charge in [0.05, 0.1) is 34.3 Å². The van der Waals surface area contributed by atoms with Crippen molar-refractivity contribution in [3.05, 3.63) is 42.5 Å². The Morgan fingerprint density at radius 1 is 1.15 bits per heavy atom. The van der Waals surface area contributed by atoms with Crippen molar-refractivity contribution in [2.75, 3.05) is 39.6 Å². The van der Waals surface area contributed by atoms with E-state index in [0.717, 1.165) is 18.7 Å². The second kappa shape index (κ2) is 10.0. The molecule has 0 aliphatic rings. The van der Waals surface area contributed by atoms with Crippen LogP contribution in [-0.4, -0.2) is 46.0 Å². The maximum atomic E-state index is 12.8. The SMILES string of the molecule is COc1ccc(-c2cc(NC(=S)NCC[NH+](C)C)ccc2OC(F)F)cc1. The molecule has 0 amide bonds. The molecule has 0 saturated carbocycles. The number of nitrogens with one attached hydrogen (secondary N) is 3. The van der Waals surface area contributed by atoms with Crippen molar-refractivity contribution >= 4 is 23.0 Å². The van der Waals surface area contributed by atoms with E-state index in [1.807, 2.05) is 0 Å². The van der Waals surface area contributed by atoms with Crippen LogP contribution in [0.15, 0.2) is 42.5 Å². The largest absolute Gasteiger partial charge is 0.497 e. The summed E-state index contributed by atoms with van der Waals surface area (Å²) in [4.78, 5) is 1.31. The summed E-state index contributed by atoms with van der Waals surface area (Å²) < 4.78 is 35.3. The molecule has 0 heterocycles. The van der Waals surface area contributed by atoms with Crippen LogP contribution in [0.2, 0.25) is 0 Å². The Balaban J connectivity index is 2.21. The first kappa shape index (κ1) is 20.9. The molecule has 0 unspecified atom stereocenters. The Kier molecular flexibility index (Phi) is 7.75. The molecule has 0 spiro atoms. The molecule has 27 heavy (non-hydrogen) atoms. The zero-order chi connectivity index (χ0) is 19.8. The lowest BCUT2D eigenvalue weighted by molar-refractivity contribution is -0.856. The highest BCUT2D eigenvalue weighted by Gasteiger charge is 2.13. The smallest absolute Gasteiger partial charge is 0.387 e. The molecule has 2 aromatic rings. The van der Waals surface area contributed by atoms with Gasteiger partial charge in [-0.3, -0.25) is 0 Å². The monoisotopic (exact) mass is 396 g/mol. The summed E-state index contributed by atoms with van der Waals surface area (Å²) in [5, 5.41) is 6.66. The normalized spacial score (nSPS) is 10.8. The maximum Gasteiger partial charge on any atom is 0.387 e. The second-order valence-electron chi connectivity index (χ2n) is 6.16. The molecule has 0 fully saturated rings. The van der Waals surface area contributed by atoms with E-state index in [-0.39, 0.29) is 5.75 Å². The van der Waals surface area contributed by atoms with Gasteiger partial charge in [0.1, 0.15) is 11.5 Å². The second-order valence-corrected chi connectivity index (χ2v) is 6.56. The number of benzene rings is 2. The van der Waals surface area contributed by atoms with Gasteiger partial charge in [0.2, 0.25) is 0 Å². The van der Waals surface area contributed by atoms with E-state index in [4.69, 9.17) is 17.0 Å². The lowest BCUT2D eigenvalue weighted by atomic mass is 10.0. The van der Waals surface area contributed by atoms with E-state index in [1.165, 1.54) is 11.0 Å². The zero-order valence-electron chi connectivity index (χ0n) is 15.5. The highest BCUT2D eigenvalue weighted by Crippen LogP contribution is 2.34. The van der Waals surface area contributed by atoms with Crippen LogP contribution in [0.25, 0.3) is 11.1 Å². The fraction of sp³-hybridized carbons (Fsp3) is 0.316. The Hall–Kier alpha value is -2.45. The van der Waals surface area contributed by atoms with Crippen LogP contribution >= 0.6 is 12.2 Å². The molecule has 0 aromatic heterocycles. The maximum absolute atomic E-state index is 12.8. The zero-order valence-corrected chi connectivity index (χ0v) is 16.3. The molecular formula is C19H24F2N3O2S+. The minimum Gasteiger partial charge on any atom is -0.497 e. The Bertz CT molecular complexity index is 755. The summed E-state index contributed by atoms with van der Waals surface area (Å²) in [5.41, 5.74) is 1.94. The van der Waals surface area contributed by atoms with Gasteiger partial charge >= 0.3 is 6.61 Å². The van der Waals surface area contributed by atoms with Gasteiger partial charge in [-0.05, 0) is 48.1 Å². The number of quaternary nitrogens is 1. The van der Waals surface area contributed by atoms with E-state index in [0.29, 0.717) is 22.1 Å². The minimum absolute atomic E-state index is 0.0933. The van der Waals surface area contributed by atoms with Crippen LogP contribution in [0.5, 0.6) is 11.5 Å². The number of likely N-dealkylation sites (N-methyl/N-ethyl adjacent to an activating group) is 1. The van der Waals surface area contributed by atoms with Gasteiger partial charge in [-0.1, -0.05) is 12.1 Å². The number of halogens is 2. The van der Waals surface area contributed by atoms with Crippen molar-refractivity contribution < 1.29 is 23.2 Å². The molecule has 146 valence electrons. The third-order valence-corrected chi connectivity index (χ3v) is 4.01. The van der Waals surface area contributed by atoms with Crippen molar-refractivity contribution in [2.24, 2.45) is 0 Å². The molecule has 0 radical (unpaired) electrons. The van der Waals surface area contributed by atoms with Crippen LogP contribution in [0.3, 0.4) is 0 Å². The van der Waals surface area contributed by atoms with Crippen LogP contribution in [-0.2, 0) is 0 Å². The molecule has 8 heteroatoms. The van der Waals surface area contributed by atoms with Gasteiger partial charge in [0.15, 0.2) is 5.11 Å². The molecular weight excluding hydrogens is 372 g/mol. The Morgan fingerprint density at radius 2 is 1.85 bits per heavy atom. The Morgan fingerprint density at radius 3 is 2.44 bits per heavy atom. The molecule has 0 saturated heterocycles. The summed E-state index contributed by atoms with van der Waals surface area (Å²) in [6.07, 6.45) is 0. The topological polar surface area (TPSA) is 47.0 Å². The molecule has 0 atom stereocenters. The number of methoxy groups -OCH3 is 1. The molecule has 3 N–H and O–H groups in total. The molecule has 2 rings (SSSR count). The molecule has 0 bridgehead atoms. The van der Waals surface area contributed by atoms with E-state index >= 15 is 0 Å². The van der Waals surface area contributed by atoms with Crippen molar-refractivity contribution in [1.29, 1.82) is 0 Å². The average Bonchev–Trinajstić information content (AvgIpc) is 2.62. The van der Waals surface area contributed by atoms with Gasteiger partial charge < -0.3 is 25.0 Å². The standard InChI is InChI=1S/C19H23F2N3O2S/c1-24(2)11-10-22-19(27)23-14-6-9-17(26-18(20)21)16(12-14)13-4-7-15(25-3)8-5-13/h4-9,12,18H,10-11H2,1-3H3,(H2,22,23,27)/p+1. The summed E-state index contributed by atoms with van der Waals surface area (Å²) in [5.74, 6) is 0.772. The highest BCUT2D eigenvalue weighted by atomic mass is 32.1. The van der Waals surface area contributed by atoms with Gasteiger partial charge in [-0.15, -0.1) is 0 Å². The van der Waals surface area contributed by atoms with Gasteiger partial charge in [-0.2, -0.15) is 8.78 Å². The molecule has 0 aliphatic heterocycles. The first-order valence-corrected chi connectivity index (χ1v) is 8.87. The number of rotatable bonds is 8. The lowest BCUT2D eigenvalue weighted by Crippen LogP contribution is -3.06. The summed E-state index contributed by atoms with van der Waals surface area (Å²) in [6, 6.07) is 12.0. The number of alkyl halides is 2. The molecule has 2 aromatic carbocycles. The van der Waals surface area contributed by atoms with Crippen LogP contribution < -0.4 is 25.0 Å². The summed E-state index contributed by atoms with van der Waals surface area (Å²) >= 11 is 5.28. The van der Waals surface area contributed by atoms with E-state index in [2.05, 4.69) is 29.5 Å². The number of hydrogen-bond acceptors (Lipinski definition) is 3. The van der Waals surface area contributed by atoms with Gasteiger partial charge in [0, 0.05) is 11.3 Å². The predicted octanol–water partition coefficient (Wildman–Crippen LogP) is 2.39. The number of anilines is 1. The van der Waals surface area contributed by atoms with E-state index in [9.17, 15) is 8.78 Å². The van der Waals surface area contributed by atoms with Crippen LogP contribution in [0.4, 0.5) is 14.5 Å². The fourth-order valence-electron chi connectivity index (χ4n) is 2.40. The van der Waals surface area contributed by atoms with Crippen molar-refractivity contribution in [1.82, 2.24) is 5.32 Å². The number of thiocarbonyl (C=S) groups is 1.